The zero-order valence-electron chi connectivity index (χ0n) is 31.4. The molecule has 4 fully saturated rings. The molecule has 4 aliphatic heterocycles. The predicted octanol–water partition coefficient (Wildman–Crippen LogP) is 6.49. The lowest BCUT2D eigenvalue weighted by Crippen LogP contribution is -2.67. The summed E-state index contributed by atoms with van der Waals surface area (Å²) in [6.07, 6.45) is 7.59. The van der Waals surface area contributed by atoms with E-state index in [2.05, 4.69) is 83.1 Å². The van der Waals surface area contributed by atoms with Gasteiger partial charge in [-0.25, -0.2) is 0 Å². The minimum Gasteiger partial charge on any atom is -0.496 e. The molecule has 1 unspecified atom stereocenters. The summed E-state index contributed by atoms with van der Waals surface area (Å²) in [4.78, 5) is 40.8. The van der Waals surface area contributed by atoms with Gasteiger partial charge in [-0.15, -0.1) is 0 Å². The van der Waals surface area contributed by atoms with Crippen LogP contribution in [0.4, 0.5) is 0 Å². The van der Waals surface area contributed by atoms with Crippen molar-refractivity contribution in [1.29, 1.82) is 0 Å². The summed E-state index contributed by atoms with van der Waals surface area (Å²) in [7, 11) is 6.99. The second kappa shape index (κ2) is 12.5. The lowest BCUT2D eigenvalue weighted by atomic mass is 9.56. The van der Waals surface area contributed by atoms with Crippen molar-refractivity contribution in [1.82, 2.24) is 19.8 Å². The largest absolute Gasteiger partial charge is 0.496 e. The highest BCUT2D eigenvalue weighted by molar-refractivity contribution is 5.93. The normalized spacial score (nSPS) is 33.2. The Labute approximate surface area is 306 Å². The van der Waals surface area contributed by atoms with Crippen molar-refractivity contribution in [2.45, 2.75) is 75.8 Å². The van der Waals surface area contributed by atoms with E-state index >= 15 is 0 Å². The molecular weight excluding hydrogens is 652 g/mol. The van der Waals surface area contributed by atoms with Crippen molar-refractivity contribution in [2.24, 2.45) is 23.7 Å². The molecule has 1 saturated carbocycles. The van der Waals surface area contributed by atoms with Gasteiger partial charge in [0.1, 0.15) is 11.2 Å². The molecule has 52 heavy (non-hydrogen) atoms. The van der Waals surface area contributed by atoms with E-state index in [1.807, 2.05) is 0 Å². The molecule has 0 amide bonds. The summed E-state index contributed by atoms with van der Waals surface area (Å²) < 4.78 is 17.6. The fourth-order valence-electron chi connectivity index (χ4n) is 12.1. The molecule has 9 atom stereocenters. The van der Waals surface area contributed by atoms with Gasteiger partial charge in [0.25, 0.3) is 0 Å². The van der Waals surface area contributed by atoms with Crippen LogP contribution in [0.2, 0.25) is 0 Å². The number of fused-ring (bicyclic) bond motifs is 9. The number of methoxy groups -OCH3 is 3. The number of esters is 2. The number of H-pyrrole nitrogens is 2. The van der Waals surface area contributed by atoms with E-state index in [9.17, 15) is 9.59 Å². The van der Waals surface area contributed by atoms with Gasteiger partial charge >= 0.3 is 11.9 Å². The first kappa shape index (κ1) is 33.7. The first-order valence-corrected chi connectivity index (χ1v) is 19.3. The average Bonchev–Trinajstić information content (AvgIpc) is 3.69. The number of hydrogen-bond acceptors (Lipinski definition) is 7. The average molecular weight is 705 g/mol. The molecule has 274 valence electrons. The summed E-state index contributed by atoms with van der Waals surface area (Å²) in [6.45, 7) is 7.17. The summed E-state index contributed by atoms with van der Waals surface area (Å²) in [5, 5.41) is 2.32. The van der Waals surface area contributed by atoms with Gasteiger partial charge in [-0.2, -0.15) is 0 Å². The number of para-hydroxylation sites is 1. The van der Waals surface area contributed by atoms with Gasteiger partial charge in [0, 0.05) is 76.4 Å². The minimum absolute atomic E-state index is 0.00122. The third kappa shape index (κ3) is 4.67. The topological polar surface area (TPSA) is 99.9 Å². The highest BCUT2D eigenvalue weighted by Crippen LogP contribution is 2.56. The Bertz CT molecular complexity index is 2110. The van der Waals surface area contributed by atoms with Crippen LogP contribution in [-0.4, -0.2) is 91.8 Å². The third-order valence-corrected chi connectivity index (χ3v) is 14.1. The van der Waals surface area contributed by atoms with E-state index in [0.29, 0.717) is 11.8 Å². The minimum atomic E-state index is -0.725. The van der Waals surface area contributed by atoms with Crippen LogP contribution in [0.1, 0.15) is 73.5 Å². The lowest BCUT2D eigenvalue weighted by Gasteiger charge is -2.57. The number of likely N-dealkylation sites (tertiary alicyclic amines) is 1. The van der Waals surface area contributed by atoms with E-state index < -0.39 is 5.41 Å². The van der Waals surface area contributed by atoms with Gasteiger partial charge in [0.05, 0.1) is 27.2 Å². The molecule has 9 nitrogen and oxygen atoms in total. The van der Waals surface area contributed by atoms with E-state index in [1.165, 1.54) is 41.3 Å². The molecule has 0 radical (unpaired) electrons. The molecule has 2 N–H and O–H groups in total. The smallest absolute Gasteiger partial charge is 0.319 e. The Morgan fingerprint density at radius 2 is 1.85 bits per heavy atom. The summed E-state index contributed by atoms with van der Waals surface area (Å²) in [5.41, 5.74) is 8.48. The predicted molar refractivity (Wildman–Crippen MR) is 202 cm³/mol. The Morgan fingerprint density at radius 3 is 2.60 bits per heavy atom. The standard InChI is InChI=1S/C43H52N4O5/c1-7-24-15-23-20-43(42(49)52-6)39-27(13-14-47(21-23)40(24)43)29-19-36(50-4)30(17-34(29)45-39)31-16-28-25(8-2)22-46(3)35(37(28)41(48)51-5)18-32-26-11-9-10-12-33(26)44-38(31)32/h8-12,17,19,23-24,28,31,35,37,40,44-45H,7,13-16,18,20-22H2,1-6H3/b25-8-/t23-,24-,28-,31+,35+,37-,40-,43+/m0/s1. The van der Waals surface area contributed by atoms with Crippen molar-refractivity contribution in [3.8, 4) is 5.75 Å². The molecule has 3 saturated heterocycles. The Balaban J connectivity index is 1.27. The maximum atomic E-state index is 14.2. The van der Waals surface area contributed by atoms with Crippen molar-refractivity contribution in [2.75, 3.05) is 48.0 Å². The SMILES string of the molecule is C/C=C1/CN(C)[C@@H]2Cc3c([nH]c4ccccc34)[C@@H](c3cc4[nH]c5c(c4cc3OC)CCN3C[C@H]4C[C@H](CC)[C@H]3[C@@]5(C(=O)OC)C4)C[C@@H]1[C@@H]2C(=O)OC. The van der Waals surface area contributed by atoms with Gasteiger partial charge in [-0.05, 0) is 93.2 Å². The van der Waals surface area contributed by atoms with Crippen LogP contribution >= 0.6 is 0 Å². The number of carbonyl (C=O) groups excluding carboxylic acids is 2. The summed E-state index contributed by atoms with van der Waals surface area (Å²) in [5.74, 6) is 1.11. The van der Waals surface area contributed by atoms with Gasteiger partial charge in [-0.1, -0.05) is 43.2 Å². The molecule has 6 bridgehead atoms. The molecule has 6 aliphatic rings. The van der Waals surface area contributed by atoms with Crippen LogP contribution < -0.4 is 4.74 Å². The van der Waals surface area contributed by atoms with E-state index in [1.54, 1.807) is 14.2 Å². The van der Waals surface area contributed by atoms with Crippen molar-refractivity contribution < 1.29 is 23.8 Å². The number of aromatic amines is 2. The molecule has 2 aliphatic carbocycles. The van der Waals surface area contributed by atoms with Crippen LogP contribution in [0.15, 0.2) is 48.0 Å². The van der Waals surface area contributed by atoms with Crippen LogP contribution in [0.3, 0.4) is 0 Å². The number of ether oxygens (including phenoxy) is 3. The van der Waals surface area contributed by atoms with Crippen molar-refractivity contribution in [3.63, 3.8) is 0 Å². The van der Waals surface area contributed by atoms with Crippen LogP contribution in [-0.2, 0) is 37.3 Å². The fraction of sp³-hybridized carbons (Fsp3) is 0.535. The lowest BCUT2D eigenvalue weighted by molar-refractivity contribution is -0.162. The molecule has 6 heterocycles. The number of piperidine rings is 3. The molecule has 0 spiro atoms. The van der Waals surface area contributed by atoms with E-state index in [4.69, 9.17) is 14.2 Å². The zero-order valence-corrected chi connectivity index (χ0v) is 31.4. The zero-order chi connectivity index (χ0) is 36.1. The number of benzene rings is 2. The van der Waals surface area contributed by atoms with E-state index in [-0.39, 0.29) is 41.8 Å². The van der Waals surface area contributed by atoms with Crippen LogP contribution in [0.25, 0.3) is 21.8 Å². The molecule has 2 aromatic heterocycles. The number of nitrogens with zero attached hydrogens (tertiary/aromatic N) is 2. The number of carbonyl (C=O) groups is 2. The number of likely N-dealkylation sites (N-methyl/N-ethyl adjacent to an activating group) is 1. The van der Waals surface area contributed by atoms with Gasteiger partial charge < -0.3 is 24.2 Å². The van der Waals surface area contributed by atoms with Crippen molar-refractivity contribution >= 4 is 33.7 Å². The highest BCUT2D eigenvalue weighted by atomic mass is 16.5. The molecule has 9 heteroatoms. The Hall–Kier alpha value is -4.08. The number of hydrogen-bond donors (Lipinski definition) is 2. The van der Waals surface area contributed by atoms with Crippen LogP contribution in [0, 0.1) is 23.7 Å². The molecule has 10 rings (SSSR count). The Kier molecular flexibility index (Phi) is 8.12. The molecule has 4 aromatic rings. The van der Waals surface area contributed by atoms with Gasteiger partial charge in [-0.3, -0.25) is 19.4 Å². The van der Waals surface area contributed by atoms with Gasteiger partial charge in [0.15, 0.2) is 0 Å². The number of rotatable bonds is 5. The summed E-state index contributed by atoms with van der Waals surface area (Å²) >= 11 is 0. The maximum absolute atomic E-state index is 14.2. The Morgan fingerprint density at radius 1 is 1.02 bits per heavy atom. The maximum Gasteiger partial charge on any atom is 0.319 e. The van der Waals surface area contributed by atoms with Gasteiger partial charge in [0.2, 0.25) is 0 Å². The number of aromatic nitrogens is 2. The molecule has 2 aromatic carbocycles. The van der Waals surface area contributed by atoms with Crippen LogP contribution in [0.5, 0.6) is 5.75 Å². The summed E-state index contributed by atoms with van der Waals surface area (Å²) in [6, 6.07) is 13.2. The monoisotopic (exact) mass is 704 g/mol. The third-order valence-electron chi connectivity index (χ3n) is 14.1. The van der Waals surface area contributed by atoms with E-state index in [0.717, 1.165) is 85.2 Å². The number of allylic oxidation sites excluding steroid dienone is 1. The first-order valence-electron chi connectivity index (χ1n) is 19.3. The highest BCUT2D eigenvalue weighted by Gasteiger charge is 2.62. The molecular formula is C43H52N4O5. The second-order valence-electron chi connectivity index (χ2n) is 16.3. The first-order chi connectivity index (χ1) is 25.3. The number of nitrogens with one attached hydrogen (secondary N) is 2. The van der Waals surface area contributed by atoms with Crippen molar-refractivity contribution in [3.05, 3.63) is 76.1 Å². The quantitative estimate of drug-likeness (QED) is 0.181. The fourth-order valence-corrected chi connectivity index (χ4v) is 12.1. The second-order valence-corrected chi connectivity index (χ2v) is 16.3.